The molecule has 1 saturated heterocycles. The third kappa shape index (κ3) is 4.23. The van der Waals surface area contributed by atoms with Crippen LogP contribution >= 0.6 is 0 Å². The van der Waals surface area contributed by atoms with E-state index in [9.17, 15) is 4.79 Å². The summed E-state index contributed by atoms with van der Waals surface area (Å²) in [7, 11) is 3.54. The molecule has 3 heterocycles. The molecule has 1 amide bonds. The number of hydrogen-bond donors (Lipinski definition) is 1. The second-order valence-electron chi connectivity index (χ2n) is 10.1. The SMILES string of the molecule is C=Nc1ccc(F)c(-c2nc(C3(C)CCOCC3)n3c2CN(C)C(=O)C3C)c1[C@H](C)/C(CC)=N/NC. The first-order chi connectivity index (χ1) is 17.2. The summed E-state index contributed by atoms with van der Waals surface area (Å²) >= 11 is 0. The van der Waals surface area contributed by atoms with Gasteiger partial charge in [0.15, 0.2) is 0 Å². The Morgan fingerprint density at radius 1 is 1.39 bits per heavy atom. The molecule has 2 atom stereocenters. The number of hydrazone groups is 1. The van der Waals surface area contributed by atoms with Gasteiger partial charge in [-0.2, -0.15) is 5.10 Å². The molecule has 0 saturated carbocycles. The number of nitrogens with zero attached hydrogens (tertiary/aromatic N) is 5. The maximum absolute atomic E-state index is 15.9. The minimum Gasteiger partial charge on any atom is -0.381 e. The lowest BCUT2D eigenvalue weighted by molar-refractivity contribution is -0.135. The molecule has 4 rings (SSSR count). The first kappa shape index (κ1) is 26.0. The zero-order chi connectivity index (χ0) is 26.2. The Morgan fingerprint density at radius 2 is 2.08 bits per heavy atom. The number of aliphatic imine (C=N–C) groups is 1. The maximum Gasteiger partial charge on any atom is 0.245 e. The molecule has 36 heavy (non-hydrogen) atoms. The first-order valence-corrected chi connectivity index (χ1v) is 12.6. The minimum absolute atomic E-state index is 0.0216. The molecule has 0 radical (unpaired) electrons. The number of amides is 1. The highest BCUT2D eigenvalue weighted by Gasteiger charge is 2.42. The quantitative estimate of drug-likeness (QED) is 0.444. The van der Waals surface area contributed by atoms with Gasteiger partial charge in [0, 0.05) is 49.9 Å². The Balaban J connectivity index is 2.04. The molecule has 1 unspecified atom stereocenters. The van der Waals surface area contributed by atoms with Gasteiger partial charge in [0.1, 0.15) is 17.7 Å². The van der Waals surface area contributed by atoms with Crippen LogP contribution in [0.5, 0.6) is 0 Å². The van der Waals surface area contributed by atoms with Crippen LogP contribution in [0.15, 0.2) is 22.2 Å². The van der Waals surface area contributed by atoms with Gasteiger partial charge >= 0.3 is 0 Å². The number of rotatable bonds is 7. The van der Waals surface area contributed by atoms with Crippen molar-refractivity contribution in [1.82, 2.24) is 19.9 Å². The molecule has 1 N–H and O–H groups in total. The highest BCUT2D eigenvalue weighted by Crippen LogP contribution is 2.45. The van der Waals surface area contributed by atoms with Crippen LogP contribution in [0.2, 0.25) is 0 Å². The van der Waals surface area contributed by atoms with E-state index in [1.54, 1.807) is 25.1 Å². The molecule has 1 aromatic carbocycles. The van der Waals surface area contributed by atoms with Gasteiger partial charge in [-0.1, -0.05) is 20.8 Å². The standard InChI is InChI=1S/C27H37FN6O2/c1-8-19(32-30-6)16(2)22-20(29-5)10-9-18(28)23(22)24-21-15-33(7)25(35)17(3)34(21)26(31-24)27(4)11-13-36-14-12-27/h9-10,16-17,30H,5,8,11-15H2,1-4,6-7H3/b32-19+/t16-,17?/m1/s1. The van der Waals surface area contributed by atoms with Crippen molar-refractivity contribution in [2.24, 2.45) is 10.1 Å². The van der Waals surface area contributed by atoms with E-state index in [4.69, 9.17) is 9.72 Å². The van der Waals surface area contributed by atoms with Crippen LogP contribution in [0.1, 0.15) is 76.0 Å². The van der Waals surface area contributed by atoms with Crippen LogP contribution in [0.3, 0.4) is 0 Å². The second-order valence-corrected chi connectivity index (χ2v) is 10.1. The van der Waals surface area contributed by atoms with E-state index < -0.39 is 6.04 Å². The number of imidazole rings is 1. The fourth-order valence-corrected chi connectivity index (χ4v) is 5.63. The normalized spacial score (nSPS) is 20.8. The van der Waals surface area contributed by atoms with Crippen molar-refractivity contribution in [2.45, 2.75) is 70.9 Å². The Morgan fingerprint density at radius 3 is 2.69 bits per heavy atom. The summed E-state index contributed by atoms with van der Waals surface area (Å²) in [6.45, 7) is 13.5. The topological polar surface area (TPSA) is 84.1 Å². The lowest BCUT2D eigenvalue weighted by Crippen LogP contribution is -2.42. The number of carbonyl (C=O) groups is 1. The lowest BCUT2D eigenvalue weighted by atomic mass is 9.81. The molecule has 1 aromatic heterocycles. The van der Waals surface area contributed by atoms with Crippen molar-refractivity contribution in [3.63, 3.8) is 0 Å². The van der Waals surface area contributed by atoms with Gasteiger partial charge in [-0.15, -0.1) is 0 Å². The summed E-state index contributed by atoms with van der Waals surface area (Å²) in [4.78, 5) is 24.2. The highest BCUT2D eigenvalue weighted by atomic mass is 19.1. The van der Waals surface area contributed by atoms with Crippen LogP contribution < -0.4 is 5.43 Å². The van der Waals surface area contributed by atoms with E-state index in [-0.39, 0.29) is 23.1 Å². The van der Waals surface area contributed by atoms with Gasteiger partial charge in [0.05, 0.1) is 23.6 Å². The molecule has 2 aliphatic heterocycles. The summed E-state index contributed by atoms with van der Waals surface area (Å²) in [5.74, 6) is 0.238. The fourth-order valence-electron chi connectivity index (χ4n) is 5.63. The van der Waals surface area contributed by atoms with E-state index in [2.05, 4.69) is 29.2 Å². The summed E-state index contributed by atoms with van der Waals surface area (Å²) in [5.41, 5.74) is 6.58. The largest absolute Gasteiger partial charge is 0.381 e. The fraction of sp³-hybridized carbons (Fsp3) is 0.556. The lowest BCUT2D eigenvalue weighted by Gasteiger charge is -2.37. The van der Waals surface area contributed by atoms with Crippen molar-refractivity contribution in [3.8, 4) is 11.3 Å². The van der Waals surface area contributed by atoms with Gasteiger partial charge in [-0.05, 0) is 50.6 Å². The summed E-state index contributed by atoms with van der Waals surface area (Å²) in [6.07, 6.45) is 2.26. The molecule has 2 aliphatic rings. The average Bonchev–Trinajstić information content (AvgIpc) is 3.25. The smallest absolute Gasteiger partial charge is 0.245 e. The van der Waals surface area contributed by atoms with Crippen molar-refractivity contribution in [1.29, 1.82) is 0 Å². The summed E-state index contributed by atoms with van der Waals surface area (Å²) < 4.78 is 23.6. The molecule has 2 aromatic rings. The average molecular weight is 497 g/mol. The predicted octanol–water partition coefficient (Wildman–Crippen LogP) is 4.71. The van der Waals surface area contributed by atoms with Crippen molar-refractivity contribution in [3.05, 3.63) is 35.0 Å². The first-order valence-electron chi connectivity index (χ1n) is 12.6. The molecular weight excluding hydrogens is 459 g/mol. The van der Waals surface area contributed by atoms with Crippen molar-refractivity contribution in [2.75, 3.05) is 27.3 Å². The van der Waals surface area contributed by atoms with Crippen LogP contribution in [0, 0.1) is 5.82 Å². The number of hydrogen-bond acceptors (Lipinski definition) is 6. The zero-order valence-corrected chi connectivity index (χ0v) is 22.2. The Kier molecular flexibility index (Phi) is 7.31. The predicted molar refractivity (Wildman–Crippen MR) is 141 cm³/mol. The van der Waals surface area contributed by atoms with Crippen LogP contribution in [0.4, 0.5) is 10.1 Å². The van der Waals surface area contributed by atoms with Crippen molar-refractivity contribution >= 4 is 24.0 Å². The van der Waals surface area contributed by atoms with Crippen LogP contribution in [-0.2, 0) is 21.5 Å². The number of nitrogens with one attached hydrogen (secondary N) is 1. The van der Waals surface area contributed by atoms with E-state index in [1.807, 2.05) is 25.3 Å². The van der Waals surface area contributed by atoms with Crippen LogP contribution in [0.25, 0.3) is 11.3 Å². The highest BCUT2D eigenvalue weighted by molar-refractivity contribution is 5.94. The summed E-state index contributed by atoms with van der Waals surface area (Å²) in [6, 6.07) is 2.65. The summed E-state index contributed by atoms with van der Waals surface area (Å²) in [5, 5.41) is 4.46. The maximum atomic E-state index is 15.9. The molecule has 8 nitrogen and oxygen atoms in total. The van der Waals surface area contributed by atoms with Crippen molar-refractivity contribution < 1.29 is 13.9 Å². The third-order valence-electron chi connectivity index (χ3n) is 7.78. The second kappa shape index (κ2) is 10.1. The molecule has 0 aliphatic carbocycles. The van der Waals surface area contributed by atoms with Gasteiger partial charge in [0.2, 0.25) is 5.91 Å². The van der Waals surface area contributed by atoms with Crippen LogP contribution in [-0.4, -0.2) is 60.1 Å². The number of ether oxygens (including phenoxy) is 1. The number of halogens is 1. The Bertz CT molecular complexity index is 1200. The van der Waals surface area contributed by atoms with Gasteiger partial charge in [0.25, 0.3) is 0 Å². The third-order valence-corrected chi connectivity index (χ3v) is 7.78. The number of benzene rings is 1. The van der Waals surface area contributed by atoms with Gasteiger partial charge in [-0.3, -0.25) is 9.79 Å². The number of likely N-dealkylation sites (N-methyl/N-ethyl adjacent to an activating group) is 1. The molecule has 194 valence electrons. The van der Waals surface area contributed by atoms with E-state index in [1.165, 1.54) is 6.07 Å². The van der Waals surface area contributed by atoms with E-state index in [0.717, 1.165) is 30.1 Å². The zero-order valence-electron chi connectivity index (χ0n) is 22.2. The molecule has 0 spiro atoms. The number of fused-ring (bicyclic) bond motifs is 1. The number of aromatic nitrogens is 2. The Hall–Kier alpha value is -3.07. The molecular formula is C27H37FN6O2. The van der Waals surface area contributed by atoms with Gasteiger partial charge < -0.3 is 19.6 Å². The Labute approximate surface area is 212 Å². The van der Waals surface area contributed by atoms with Gasteiger partial charge in [-0.25, -0.2) is 9.37 Å². The molecule has 9 heteroatoms. The van der Waals surface area contributed by atoms with E-state index >= 15 is 4.39 Å². The minimum atomic E-state index is -0.434. The molecule has 0 bridgehead atoms. The molecule has 1 fully saturated rings. The van der Waals surface area contributed by atoms with E-state index in [0.29, 0.717) is 48.7 Å². The number of carbonyl (C=O) groups excluding carboxylic acids is 1. The monoisotopic (exact) mass is 496 g/mol.